The van der Waals surface area contributed by atoms with E-state index in [0.29, 0.717) is 6.04 Å². The lowest BCUT2D eigenvalue weighted by atomic mass is 10.1. The smallest absolute Gasteiger partial charge is 0.264 e. The van der Waals surface area contributed by atoms with E-state index in [1.807, 2.05) is 0 Å². The molecule has 0 N–H and O–H groups in total. The summed E-state index contributed by atoms with van der Waals surface area (Å²) in [6.45, 7) is 0.839. The van der Waals surface area contributed by atoms with Gasteiger partial charge in [0.25, 0.3) is 5.91 Å². The Balaban J connectivity index is 1.78. The van der Waals surface area contributed by atoms with E-state index in [1.165, 1.54) is 68.2 Å². The van der Waals surface area contributed by atoms with E-state index in [2.05, 4.69) is 26.9 Å². The quantitative estimate of drug-likeness (QED) is 0.551. The zero-order valence-electron chi connectivity index (χ0n) is 12.6. The molecule has 4 heteroatoms. The summed E-state index contributed by atoms with van der Waals surface area (Å²) in [5.74, 6) is 0.277. The Labute approximate surface area is 140 Å². The first-order chi connectivity index (χ1) is 10.3. The van der Waals surface area contributed by atoms with Crippen molar-refractivity contribution in [3.8, 4) is 0 Å². The van der Waals surface area contributed by atoms with Crippen LogP contribution in [-0.4, -0.2) is 28.7 Å². The summed E-state index contributed by atoms with van der Waals surface area (Å²) in [5.41, 5.74) is 1.45. The summed E-state index contributed by atoms with van der Waals surface area (Å²) in [5, 5.41) is 0.875. The van der Waals surface area contributed by atoms with E-state index in [1.54, 1.807) is 11.3 Å². The maximum atomic E-state index is 12.9. The molecule has 0 unspecified atom stereocenters. The molecule has 2 aliphatic carbocycles. The highest BCUT2D eigenvalue weighted by Gasteiger charge is 2.28. The van der Waals surface area contributed by atoms with Crippen LogP contribution in [0.1, 0.15) is 65.1 Å². The van der Waals surface area contributed by atoms with Gasteiger partial charge in [0.1, 0.15) is 0 Å². The topological polar surface area (TPSA) is 20.3 Å². The van der Waals surface area contributed by atoms with Gasteiger partial charge in [-0.05, 0) is 50.2 Å². The molecule has 116 valence electrons. The Bertz CT molecular complexity index is 469. The summed E-state index contributed by atoms with van der Waals surface area (Å²) in [6.07, 6.45) is 11.2. The largest absolute Gasteiger partial charge is 0.334 e. The van der Waals surface area contributed by atoms with Gasteiger partial charge in [-0.1, -0.05) is 35.2 Å². The maximum absolute atomic E-state index is 12.9. The molecular weight excluding hydrogens is 346 g/mol. The zero-order chi connectivity index (χ0) is 14.7. The molecule has 0 radical (unpaired) electrons. The van der Waals surface area contributed by atoms with Crippen LogP contribution < -0.4 is 0 Å². The summed E-state index contributed by atoms with van der Waals surface area (Å²) < 4.78 is 0. The molecule has 0 aliphatic heterocycles. The van der Waals surface area contributed by atoms with Crippen LogP contribution in [0.25, 0.3) is 0 Å². The van der Waals surface area contributed by atoms with E-state index in [0.717, 1.165) is 16.8 Å². The number of nitrogens with zero attached hydrogens (tertiary/aromatic N) is 1. The molecule has 21 heavy (non-hydrogen) atoms. The van der Waals surface area contributed by atoms with Crippen molar-refractivity contribution in [3.63, 3.8) is 0 Å². The fourth-order valence-corrected chi connectivity index (χ4v) is 5.26. The van der Waals surface area contributed by atoms with Crippen LogP contribution in [0, 0.1) is 0 Å². The van der Waals surface area contributed by atoms with Gasteiger partial charge < -0.3 is 4.90 Å². The molecule has 1 amide bonds. The van der Waals surface area contributed by atoms with Gasteiger partial charge in [-0.25, -0.2) is 0 Å². The molecule has 2 aliphatic rings. The number of aryl methyl sites for hydroxylation is 2. The Kier molecular flexibility index (Phi) is 5.38. The first-order valence-electron chi connectivity index (χ1n) is 8.28. The zero-order valence-corrected chi connectivity index (χ0v) is 15.0. The number of halogens is 1. The highest BCUT2D eigenvalue weighted by molar-refractivity contribution is 9.09. The minimum Gasteiger partial charge on any atom is -0.334 e. The van der Waals surface area contributed by atoms with Gasteiger partial charge in [0.2, 0.25) is 0 Å². The minimum absolute atomic E-state index is 0.277. The number of amides is 1. The van der Waals surface area contributed by atoms with Crippen LogP contribution >= 0.6 is 27.3 Å². The van der Waals surface area contributed by atoms with Crippen LogP contribution in [0.4, 0.5) is 0 Å². The van der Waals surface area contributed by atoms with Crippen LogP contribution in [-0.2, 0) is 12.8 Å². The number of hydrogen-bond donors (Lipinski definition) is 0. The third kappa shape index (κ3) is 3.53. The number of hydrogen-bond acceptors (Lipinski definition) is 2. The second-order valence-electron chi connectivity index (χ2n) is 6.25. The number of carbonyl (C=O) groups excluding carboxylic acids is 1. The molecule has 1 heterocycles. The lowest BCUT2D eigenvalue weighted by Crippen LogP contribution is -2.39. The van der Waals surface area contributed by atoms with Gasteiger partial charge in [-0.15, -0.1) is 11.3 Å². The standard InChI is InChI=1S/C17H24BrNOS/c18-10-11-19(14-7-4-5-8-14)17(20)16-12-13-6-2-1-3-9-15(13)21-16/h12,14H,1-11H2. The van der Waals surface area contributed by atoms with Crippen molar-refractivity contribution in [1.82, 2.24) is 4.90 Å². The van der Waals surface area contributed by atoms with E-state index >= 15 is 0 Å². The summed E-state index contributed by atoms with van der Waals surface area (Å²) in [7, 11) is 0. The Morgan fingerprint density at radius 1 is 1.19 bits per heavy atom. The van der Waals surface area contributed by atoms with Crippen molar-refractivity contribution in [3.05, 3.63) is 21.4 Å². The van der Waals surface area contributed by atoms with Crippen molar-refractivity contribution in [2.75, 3.05) is 11.9 Å². The average molecular weight is 370 g/mol. The van der Waals surface area contributed by atoms with Gasteiger partial charge in [-0.3, -0.25) is 4.79 Å². The number of rotatable bonds is 4. The van der Waals surface area contributed by atoms with Crippen molar-refractivity contribution in [2.45, 2.75) is 63.8 Å². The van der Waals surface area contributed by atoms with Crippen molar-refractivity contribution in [1.29, 1.82) is 0 Å². The van der Waals surface area contributed by atoms with E-state index in [4.69, 9.17) is 0 Å². The minimum atomic E-state index is 0.277. The summed E-state index contributed by atoms with van der Waals surface area (Å²) >= 11 is 5.28. The molecule has 0 atom stereocenters. The van der Waals surface area contributed by atoms with Crippen molar-refractivity contribution < 1.29 is 4.79 Å². The van der Waals surface area contributed by atoms with Crippen LogP contribution in [0.5, 0.6) is 0 Å². The van der Waals surface area contributed by atoms with Crippen LogP contribution in [0.3, 0.4) is 0 Å². The molecule has 0 saturated heterocycles. The average Bonchev–Trinajstić information content (AvgIpc) is 3.10. The monoisotopic (exact) mass is 369 g/mol. The molecule has 1 aromatic rings. The number of fused-ring (bicyclic) bond motifs is 1. The first kappa shape index (κ1) is 15.5. The summed E-state index contributed by atoms with van der Waals surface area (Å²) in [6, 6.07) is 2.67. The van der Waals surface area contributed by atoms with Crippen molar-refractivity contribution in [2.24, 2.45) is 0 Å². The fourth-order valence-electron chi connectivity index (χ4n) is 3.67. The van der Waals surface area contributed by atoms with Gasteiger partial charge in [-0.2, -0.15) is 0 Å². The number of carbonyl (C=O) groups is 1. The molecular formula is C17H24BrNOS. The Morgan fingerprint density at radius 2 is 1.95 bits per heavy atom. The summed E-state index contributed by atoms with van der Waals surface area (Å²) in [4.78, 5) is 17.5. The normalized spacial score (nSPS) is 19.3. The predicted octanol–water partition coefficient (Wildman–Crippen LogP) is 4.80. The SMILES string of the molecule is O=C(c1cc2c(s1)CCCCC2)N(CCBr)C1CCCC1. The number of thiophene rings is 1. The molecule has 3 rings (SSSR count). The third-order valence-corrected chi connectivity index (χ3v) is 6.39. The third-order valence-electron chi connectivity index (χ3n) is 4.81. The molecule has 1 saturated carbocycles. The number of alkyl halides is 1. The molecule has 1 aromatic heterocycles. The highest BCUT2D eigenvalue weighted by atomic mass is 79.9. The molecule has 1 fully saturated rings. The predicted molar refractivity (Wildman–Crippen MR) is 92.7 cm³/mol. The van der Waals surface area contributed by atoms with Gasteiger partial charge in [0.05, 0.1) is 4.88 Å². The Morgan fingerprint density at radius 3 is 2.71 bits per heavy atom. The highest BCUT2D eigenvalue weighted by Crippen LogP contribution is 2.31. The van der Waals surface area contributed by atoms with Gasteiger partial charge >= 0.3 is 0 Å². The lowest BCUT2D eigenvalue weighted by Gasteiger charge is -2.28. The second-order valence-corrected chi connectivity index (χ2v) is 8.18. The van der Waals surface area contributed by atoms with Gasteiger partial charge in [0, 0.05) is 22.8 Å². The van der Waals surface area contributed by atoms with E-state index in [-0.39, 0.29) is 5.91 Å². The first-order valence-corrected chi connectivity index (χ1v) is 10.2. The molecule has 2 nitrogen and oxygen atoms in total. The molecule has 0 bridgehead atoms. The second kappa shape index (κ2) is 7.28. The Hall–Kier alpha value is -0.350. The molecule has 0 spiro atoms. The van der Waals surface area contributed by atoms with E-state index in [9.17, 15) is 4.79 Å². The van der Waals surface area contributed by atoms with Crippen LogP contribution in [0.2, 0.25) is 0 Å². The van der Waals surface area contributed by atoms with Gasteiger partial charge in [0.15, 0.2) is 0 Å². The van der Waals surface area contributed by atoms with E-state index < -0.39 is 0 Å². The maximum Gasteiger partial charge on any atom is 0.264 e. The molecule has 0 aromatic carbocycles. The van der Waals surface area contributed by atoms with Crippen LogP contribution in [0.15, 0.2) is 6.07 Å². The lowest BCUT2D eigenvalue weighted by molar-refractivity contribution is 0.0701. The van der Waals surface area contributed by atoms with Crippen molar-refractivity contribution >= 4 is 33.2 Å². The fraction of sp³-hybridized carbons (Fsp3) is 0.706.